The normalized spacial score (nSPS) is 31.2. The van der Waals surface area contributed by atoms with Crippen LogP contribution in [0.15, 0.2) is 22.5 Å². The second kappa shape index (κ2) is 4.50. The van der Waals surface area contributed by atoms with Gasteiger partial charge in [-0.25, -0.2) is 0 Å². The van der Waals surface area contributed by atoms with Crippen LogP contribution in [0.25, 0.3) is 0 Å². The van der Waals surface area contributed by atoms with Crippen molar-refractivity contribution in [1.82, 2.24) is 0 Å². The molecule has 0 saturated carbocycles. The Kier molecular flexibility index (Phi) is 3.68. The summed E-state index contributed by atoms with van der Waals surface area (Å²) in [7, 11) is 0. The molecule has 1 rings (SSSR count). The van der Waals surface area contributed by atoms with Crippen LogP contribution in [-0.2, 0) is 0 Å². The van der Waals surface area contributed by atoms with Crippen LogP contribution in [0.1, 0.15) is 47.0 Å². The highest BCUT2D eigenvalue weighted by Gasteiger charge is 2.39. The van der Waals surface area contributed by atoms with Crippen molar-refractivity contribution in [3.63, 3.8) is 0 Å². The van der Waals surface area contributed by atoms with E-state index in [9.17, 15) is 0 Å². The zero-order chi connectivity index (χ0) is 12.5. The van der Waals surface area contributed by atoms with Crippen molar-refractivity contribution in [1.29, 1.82) is 0 Å². The Morgan fingerprint density at radius 2 is 1.69 bits per heavy atom. The van der Waals surface area contributed by atoms with Crippen LogP contribution in [0.5, 0.6) is 0 Å². The van der Waals surface area contributed by atoms with E-state index in [0.717, 1.165) is 41.8 Å². The lowest BCUT2D eigenvalue weighted by atomic mass is 9.69. The molecule has 92 valence electrons. The maximum atomic E-state index is 6.43. The van der Waals surface area contributed by atoms with Gasteiger partial charge in [-0.05, 0) is 37.3 Å². The van der Waals surface area contributed by atoms with Crippen LogP contribution < -0.4 is 17.2 Å². The van der Waals surface area contributed by atoms with Gasteiger partial charge in [0.15, 0.2) is 0 Å². The Hall–Kier alpha value is -0.960. The predicted octanol–water partition coefficient (Wildman–Crippen LogP) is 1.99. The Labute approximate surface area is 98.8 Å². The lowest BCUT2D eigenvalue weighted by Crippen LogP contribution is -2.51. The van der Waals surface area contributed by atoms with Gasteiger partial charge in [-0.15, -0.1) is 0 Å². The average Bonchev–Trinajstić information content (AvgIpc) is 2.18. The van der Waals surface area contributed by atoms with Crippen molar-refractivity contribution < 1.29 is 0 Å². The van der Waals surface area contributed by atoms with E-state index in [1.165, 1.54) is 0 Å². The third-order valence-electron chi connectivity index (χ3n) is 3.86. The van der Waals surface area contributed by atoms with Crippen LogP contribution >= 0.6 is 0 Å². The first-order chi connectivity index (χ1) is 7.41. The first-order valence-corrected chi connectivity index (χ1v) is 6.18. The SMILES string of the molecule is CCC1=C(N)C(CC)C(C)(N)C(CC)=C1N. The lowest BCUT2D eigenvalue weighted by molar-refractivity contribution is 0.354. The van der Waals surface area contributed by atoms with Crippen LogP contribution in [0.2, 0.25) is 0 Å². The summed E-state index contributed by atoms with van der Waals surface area (Å²) in [5.74, 6) is 0.213. The predicted molar refractivity (Wildman–Crippen MR) is 69.4 cm³/mol. The molecule has 0 aromatic rings. The van der Waals surface area contributed by atoms with Crippen molar-refractivity contribution in [2.24, 2.45) is 23.1 Å². The van der Waals surface area contributed by atoms with Crippen molar-refractivity contribution in [3.05, 3.63) is 22.5 Å². The first-order valence-electron chi connectivity index (χ1n) is 6.18. The quantitative estimate of drug-likeness (QED) is 0.684. The topological polar surface area (TPSA) is 78.1 Å². The second-order valence-electron chi connectivity index (χ2n) is 4.78. The molecule has 0 bridgehead atoms. The second-order valence-corrected chi connectivity index (χ2v) is 4.78. The summed E-state index contributed by atoms with van der Waals surface area (Å²) >= 11 is 0. The summed E-state index contributed by atoms with van der Waals surface area (Å²) in [6.45, 7) is 8.37. The van der Waals surface area contributed by atoms with Crippen molar-refractivity contribution in [3.8, 4) is 0 Å². The molecule has 3 nitrogen and oxygen atoms in total. The molecule has 0 saturated heterocycles. The number of rotatable bonds is 3. The number of hydrogen-bond donors (Lipinski definition) is 3. The Bertz CT molecular complexity index is 337. The highest BCUT2D eigenvalue weighted by atomic mass is 14.8. The molecule has 16 heavy (non-hydrogen) atoms. The van der Waals surface area contributed by atoms with Gasteiger partial charge in [0.05, 0.1) is 0 Å². The summed E-state index contributed by atoms with van der Waals surface area (Å²) in [4.78, 5) is 0. The maximum absolute atomic E-state index is 6.43. The molecule has 2 unspecified atom stereocenters. The molecule has 0 aromatic carbocycles. The largest absolute Gasteiger partial charge is 0.401 e. The van der Waals surface area contributed by atoms with Gasteiger partial charge in [-0.1, -0.05) is 20.8 Å². The molecular formula is C13H25N3. The van der Waals surface area contributed by atoms with Gasteiger partial charge in [0.25, 0.3) is 0 Å². The summed E-state index contributed by atoms with van der Waals surface area (Å²) in [5.41, 5.74) is 22.4. The first kappa shape index (κ1) is 13.1. The lowest BCUT2D eigenvalue weighted by Gasteiger charge is -2.42. The molecule has 2 atom stereocenters. The van der Waals surface area contributed by atoms with Gasteiger partial charge in [-0.3, -0.25) is 0 Å². The fourth-order valence-corrected chi connectivity index (χ4v) is 2.98. The standard InChI is InChI=1S/C13H25N3/c1-5-8-11(14)9(6-2)13(4,16)10(7-3)12(8)15/h9H,5-7,14-16H2,1-4H3. The molecule has 0 spiro atoms. The molecule has 1 aliphatic carbocycles. The van der Waals surface area contributed by atoms with E-state index in [1.807, 2.05) is 6.92 Å². The van der Waals surface area contributed by atoms with Gasteiger partial charge in [0, 0.05) is 22.9 Å². The monoisotopic (exact) mass is 223 g/mol. The van der Waals surface area contributed by atoms with Gasteiger partial charge < -0.3 is 17.2 Å². The molecule has 1 aliphatic rings. The van der Waals surface area contributed by atoms with E-state index >= 15 is 0 Å². The van der Waals surface area contributed by atoms with E-state index in [1.54, 1.807) is 0 Å². The molecule has 6 N–H and O–H groups in total. The Morgan fingerprint density at radius 3 is 2.06 bits per heavy atom. The minimum absolute atomic E-state index is 0.213. The Balaban J connectivity index is 3.38. The van der Waals surface area contributed by atoms with E-state index in [0.29, 0.717) is 0 Å². The van der Waals surface area contributed by atoms with E-state index in [4.69, 9.17) is 17.2 Å². The van der Waals surface area contributed by atoms with Gasteiger partial charge >= 0.3 is 0 Å². The zero-order valence-electron chi connectivity index (χ0n) is 10.9. The highest BCUT2D eigenvalue weighted by Crippen LogP contribution is 2.40. The van der Waals surface area contributed by atoms with Crippen molar-refractivity contribution in [2.75, 3.05) is 0 Å². The van der Waals surface area contributed by atoms with Crippen LogP contribution in [0.4, 0.5) is 0 Å². The number of nitrogens with two attached hydrogens (primary N) is 3. The van der Waals surface area contributed by atoms with Crippen LogP contribution in [-0.4, -0.2) is 5.54 Å². The highest BCUT2D eigenvalue weighted by molar-refractivity contribution is 5.46. The van der Waals surface area contributed by atoms with Crippen LogP contribution in [0.3, 0.4) is 0 Å². The molecule has 0 fully saturated rings. The minimum atomic E-state index is -0.393. The molecule has 0 amide bonds. The number of allylic oxidation sites excluding steroid dienone is 1. The van der Waals surface area contributed by atoms with E-state index in [2.05, 4.69) is 20.8 Å². The maximum Gasteiger partial charge on any atom is 0.0446 e. The van der Waals surface area contributed by atoms with Gasteiger partial charge in [0.2, 0.25) is 0 Å². The Morgan fingerprint density at radius 1 is 1.12 bits per heavy atom. The van der Waals surface area contributed by atoms with Gasteiger partial charge in [0.1, 0.15) is 0 Å². The molecular weight excluding hydrogens is 198 g/mol. The summed E-state index contributed by atoms with van der Waals surface area (Å²) in [5, 5.41) is 0. The van der Waals surface area contributed by atoms with Crippen LogP contribution in [0, 0.1) is 5.92 Å². The minimum Gasteiger partial charge on any atom is -0.401 e. The zero-order valence-corrected chi connectivity index (χ0v) is 10.9. The summed E-state index contributed by atoms with van der Waals surface area (Å²) in [6, 6.07) is 0. The fraction of sp³-hybridized carbons (Fsp3) is 0.692. The average molecular weight is 223 g/mol. The van der Waals surface area contributed by atoms with Crippen molar-refractivity contribution in [2.45, 2.75) is 52.5 Å². The van der Waals surface area contributed by atoms with E-state index in [-0.39, 0.29) is 5.92 Å². The smallest absolute Gasteiger partial charge is 0.0446 e. The summed E-state index contributed by atoms with van der Waals surface area (Å²) < 4.78 is 0. The third-order valence-corrected chi connectivity index (χ3v) is 3.86. The molecule has 3 heteroatoms. The third kappa shape index (κ3) is 1.73. The van der Waals surface area contributed by atoms with Crippen molar-refractivity contribution >= 4 is 0 Å². The fourth-order valence-electron chi connectivity index (χ4n) is 2.98. The molecule has 0 aliphatic heterocycles. The molecule has 0 radical (unpaired) electrons. The number of hydrogen-bond acceptors (Lipinski definition) is 3. The molecule has 0 heterocycles. The molecule has 0 aromatic heterocycles. The van der Waals surface area contributed by atoms with Gasteiger partial charge in [-0.2, -0.15) is 0 Å². The summed E-state index contributed by atoms with van der Waals surface area (Å²) in [6.07, 6.45) is 2.74. The van der Waals surface area contributed by atoms with E-state index < -0.39 is 5.54 Å².